The highest BCUT2D eigenvalue weighted by Crippen LogP contribution is 2.49. The number of nitrogens with zero attached hydrogens (tertiary/aromatic N) is 4. The maximum Gasteiger partial charge on any atom is 0.573 e. The molecule has 10 heteroatoms. The van der Waals surface area contributed by atoms with Gasteiger partial charge in [0.2, 0.25) is 0 Å². The molecule has 1 saturated heterocycles. The Morgan fingerprint density at radius 1 is 0.923 bits per heavy atom. The van der Waals surface area contributed by atoms with Crippen molar-refractivity contribution in [1.82, 2.24) is 14.5 Å². The predicted molar refractivity (Wildman–Crippen MR) is 199 cm³/mol. The van der Waals surface area contributed by atoms with Gasteiger partial charge in [0.05, 0.1) is 28.2 Å². The van der Waals surface area contributed by atoms with Crippen LogP contribution in [-0.2, 0) is 6.54 Å². The largest absolute Gasteiger partial charge is 0.573 e. The summed E-state index contributed by atoms with van der Waals surface area (Å²) in [4.78, 5) is 22.3. The molecule has 2 aliphatic heterocycles. The third-order valence-corrected chi connectivity index (χ3v) is 11.6. The first kappa shape index (κ1) is 34.5. The lowest BCUT2D eigenvalue weighted by atomic mass is 9.81. The van der Waals surface area contributed by atoms with Crippen LogP contribution in [0.1, 0.15) is 80.1 Å². The van der Waals surface area contributed by atoms with Crippen LogP contribution < -0.4 is 9.64 Å². The zero-order valence-corrected chi connectivity index (χ0v) is 29.6. The summed E-state index contributed by atoms with van der Waals surface area (Å²) in [5.41, 5.74) is 7.92. The lowest BCUT2D eigenvalue weighted by molar-refractivity contribution is -0.274. The van der Waals surface area contributed by atoms with Gasteiger partial charge in [-0.15, -0.1) is 13.2 Å². The molecular weight excluding hydrogens is 665 g/mol. The molecule has 0 amide bonds. The number of aromatic nitrogens is 2. The molecule has 0 spiro atoms. The molecule has 8 rings (SSSR count). The van der Waals surface area contributed by atoms with E-state index in [0.29, 0.717) is 28.7 Å². The predicted octanol–water partition coefficient (Wildman–Crippen LogP) is 10.1. The summed E-state index contributed by atoms with van der Waals surface area (Å²) in [5, 5.41) is 12.1. The number of likely N-dealkylation sites (tertiary alicyclic amines) is 1. The van der Waals surface area contributed by atoms with Crippen LogP contribution in [0, 0.1) is 5.92 Å². The third-order valence-electron chi connectivity index (χ3n) is 11.6. The zero-order chi connectivity index (χ0) is 36.0. The second-order valence-electron chi connectivity index (χ2n) is 14.8. The summed E-state index contributed by atoms with van der Waals surface area (Å²) in [6.07, 6.45) is 4.54. The van der Waals surface area contributed by atoms with Crippen LogP contribution in [0.3, 0.4) is 0 Å². The van der Waals surface area contributed by atoms with Gasteiger partial charge in [0.25, 0.3) is 0 Å². The molecular formula is C42H45F3N4O3. The van der Waals surface area contributed by atoms with Gasteiger partial charge >= 0.3 is 12.3 Å². The van der Waals surface area contributed by atoms with Crippen molar-refractivity contribution >= 4 is 33.5 Å². The van der Waals surface area contributed by atoms with Gasteiger partial charge in [0.1, 0.15) is 5.75 Å². The second kappa shape index (κ2) is 14.1. The molecule has 1 aliphatic carbocycles. The standard InChI is InChI=1S/C42H45F3N4O3/c1-2-47-20-7-8-27(26-47)19-21-48-22-23-49-37-25-30(41(50)51)13-14-33(37)38(28-9-4-3-5-10-28)40(49)34-16-18-36-32(39(34)48)15-17-35(46-36)29-11-6-12-31(24-29)52-42(43,44)45/h6,11-18,24-25,27-28H,2-5,7-10,19-23,26H2,1H3,(H,50,51). The van der Waals surface area contributed by atoms with Crippen molar-refractivity contribution in [2.24, 2.45) is 5.92 Å². The molecule has 0 radical (unpaired) electrons. The number of benzene rings is 3. The highest BCUT2D eigenvalue weighted by molar-refractivity contribution is 6.05. The van der Waals surface area contributed by atoms with Crippen LogP contribution in [-0.4, -0.2) is 64.6 Å². The topological polar surface area (TPSA) is 70.8 Å². The average Bonchev–Trinajstić information content (AvgIpc) is 3.37. The Bertz CT molecular complexity index is 2120. The molecule has 1 unspecified atom stereocenters. The van der Waals surface area contributed by atoms with Crippen molar-refractivity contribution < 1.29 is 27.8 Å². The van der Waals surface area contributed by atoms with E-state index in [9.17, 15) is 23.1 Å². The van der Waals surface area contributed by atoms with E-state index in [1.54, 1.807) is 18.2 Å². The molecule has 1 saturated carbocycles. The normalized spacial score (nSPS) is 18.7. The number of hydrogen-bond acceptors (Lipinski definition) is 5. The first-order valence-electron chi connectivity index (χ1n) is 18.8. The molecule has 3 aromatic carbocycles. The Kier molecular flexibility index (Phi) is 9.36. The number of carbonyl (C=O) groups is 1. The van der Waals surface area contributed by atoms with E-state index < -0.39 is 12.3 Å². The number of alkyl halides is 3. The van der Waals surface area contributed by atoms with Crippen LogP contribution >= 0.6 is 0 Å². The summed E-state index contributed by atoms with van der Waals surface area (Å²) < 4.78 is 45.7. The molecule has 272 valence electrons. The molecule has 52 heavy (non-hydrogen) atoms. The van der Waals surface area contributed by atoms with Crippen LogP contribution in [0.2, 0.25) is 0 Å². The van der Waals surface area contributed by atoms with Crippen molar-refractivity contribution in [1.29, 1.82) is 0 Å². The van der Waals surface area contributed by atoms with E-state index in [1.807, 2.05) is 24.3 Å². The summed E-state index contributed by atoms with van der Waals surface area (Å²) in [7, 11) is 0. The number of ether oxygens (including phenoxy) is 1. The first-order chi connectivity index (χ1) is 25.2. The maximum atomic E-state index is 13.0. The SMILES string of the molecule is CCN1CCCC(CCN2CCn3c(c(C4CCCCC4)c4ccc(C(=O)O)cc43)-c3ccc4nc(-c5cccc(OC(F)(F)F)c5)ccc4c32)C1. The lowest BCUT2D eigenvalue weighted by Gasteiger charge is -2.34. The van der Waals surface area contributed by atoms with Crippen molar-refractivity contribution in [3.8, 4) is 28.3 Å². The number of anilines is 1. The van der Waals surface area contributed by atoms with Gasteiger partial charge in [0.15, 0.2) is 0 Å². The highest BCUT2D eigenvalue weighted by atomic mass is 19.4. The number of hydrogen-bond donors (Lipinski definition) is 1. The number of aromatic carboxylic acids is 1. The first-order valence-corrected chi connectivity index (χ1v) is 18.8. The van der Waals surface area contributed by atoms with Gasteiger partial charge in [-0.2, -0.15) is 0 Å². The van der Waals surface area contributed by atoms with Crippen LogP contribution in [0.15, 0.2) is 66.7 Å². The second-order valence-corrected chi connectivity index (χ2v) is 14.8. The van der Waals surface area contributed by atoms with Gasteiger partial charge in [-0.05, 0) is 111 Å². The molecule has 1 atom stereocenters. The quantitative estimate of drug-likeness (QED) is 0.173. The van der Waals surface area contributed by atoms with Gasteiger partial charge < -0.3 is 24.2 Å². The van der Waals surface area contributed by atoms with Gasteiger partial charge in [0, 0.05) is 53.6 Å². The van der Waals surface area contributed by atoms with Crippen LogP contribution in [0.4, 0.5) is 18.9 Å². The molecule has 0 bridgehead atoms. The fraction of sp³-hybridized carbons (Fsp3) is 0.429. The molecule has 2 fully saturated rings. The number of rotatable bonds is 8. The van der Waals surface area contributed by atoms with Gasteiger partial charge in [-0.25, -0.2) is 9.78 Å². The Morgan fingerprint density at radius 2 is 1.75 bits per heavy atom. The van der Waals surface area contributed by atoms with Crippen molar-refractivity contribution in [3.05, 3.63) is 77.9 Å². The fourth-order valence-corrected chi connectivity index (χ4v) is 9.14. The van der Waals surface area contributed by atoms with Gasteiger partial charge in [-0.1, -0.05) is 44.4 Å². The monoisotopic (exact) mass is 710 g/mol. The lowest BCUT2D eigenvalue weighted by Crippen LogP contribution is -2.37. The minimum atomic E-state index is -4.78. The van der Waals surface area contributed by atoms with E-state index in [2.05, 4.69) is 38.2 Å². The van der Waals surface area contributed by atoms with Crippen LogP contribution in [0.25, 0.3) is 44.3 Å². The number of fused-ring (bicyclic) bond motifs is 7. The van der Waals surface area contributed by atoms with Crippen molar-refractivity contribution in [2.45, 2.75) is 77.1 Å². The summed E-state index contributed by atoms with van der Waals surface area (Å²) in [5.74, 6) is -0.211. The van der Waals surface area contributed by atoms with Crippen molar-refractivity contribution in [2.75, 3.05) is 37.6 Å². The molecule has 3 aliphatic rings. The zero-order valence-electron chi connectivity index (χ0n) is 29.6. The summed E-state index contributed by atoms with van der Waals surface area (Å²) >= 11 is 0. The van der Waals surface area contributed by atoms with E-state index in [0.717, 1.165) is 91.6 Å². The molecule has 1 N–H and O–H groups in total. The van der Waals surface area contributed by atoms with E-state index in [1.165, 1.54) is 55.5 Å². The third kappa shape index (κ3) is 6.73. The minimum absolute atomic E-state index is 0.279. The summed E-state index contributed by atoms with van der Waals surface area (Å²) in [6.45, 7) is 7.94. The van der Waals surface area contributed by atoms with Crippen molar-refractivity contribution in [3.63, 3.8) is 0 Å². The Balaban J connectivity index is 1.28. The molecule has 7 nitrogen and oxygen atoms in total. The molecule has 4 heterocycles. The number of piperidine rings is 1. The Morgan fingerprint density at radius 3 is 2.54 bits per heavy atom. The average molecular weight is 711 g/mol. The van der Waals surface area contributed by atoms with E-state index in [-0.39, 0.29) is 5.75 Å². The summed E-state index contributed by atoms with van der Waals surface area (Å²) in [6, 6.07) is 19.8. The van der Waals surface area contributed by atoms with Crippen LogP contribution in [0.5, 0.6) is 5.75 Å². The molecule has 2 aromatic heterocycles. The minimum Gasteiger partial charge on any atom is -0.478 e. The highest BCUT2D eigenvalue weighted by Gasteiger charge is 2.33. The number of pyridine rings is 1. The van der Waals surface area contributed by atoms with Gasteiger partial charge in [-0.3, -0.25) is 0 Å². The van der Waals surface area contributed by atoms with E-state index in [4.69, 9.17) is 4.98 Å². The van der Waals surface area contributed by atoms with E-state index >= 15 is 0 Å². The fourth-order valence-electron chi connectivity index (χ4n) is 9.14. The smallest absolute Gasteiger partial charge is 0.478 e. The maximum absolute atomic E-state index is 13.0. The number of carboxylic acid groups (broad SMARTS) is 1. The number of halogens is 3. The number of carboxylic acids is 1. The molecule has 5 aromatic rings. The Hall–Kier alpha value is -4.57. The Labute approximate surface area is 302 Å².